The lowest BCUT2D eigenvalue weighted by Gasteiger charge is -2.27. The van der Waals surface area contributed by atoms with Crippen molar-refractivity contribution in [3.05, 3.63) is 0 Å². The maximum absolute atomic E-state index is 12.9. The number of nitrogens with zero attached hydrogens (tertiary/aromatic N) is 1. The van der Waals surface area contributed by atoms with Crippen molar-refractivity contribution in [3.63, 3.8) is 0 Å². The number of carbonyl (C=O) groups is 5. The van der Waals surface area contributed by atoms with Gasteiger partial charge in [0, 0.05) is 13.0 Å². The summed E-state index contributed by atoms with van der Waals surface area (Å²) < 4.78 is 0. The molecule has 200 valence electrons. The van der Waals surface area contributed by atoms with E-state index in [1.807, 2.05) is 0 Å². The molecule has 3 amide bonds. The van der Waals surface area contributed by atoms with Crippen LogP contribution in [-0.4, -0.2) is 87.8 Å². The fourth-order valence-electron chi connectivity index (χ4n) is 2.83. The molecule has 0 heterocycles. The molecular formula is C20H37N7O8. The number of rotatable bonds is 16. The minimum atomic E-state index is -1.50. The molecule has 0 aromatic carbocycles. The van der Waals surface area contributed by atoms with Crippen molar-refractivity contribution in [2.24, 2.45) is 28.1 Å². The van der Waals surface area contributed by atoms with Gasteiger partial charge in [-0.25, -0.2) is 4.79 Å². The zero-order valence-electron chi connectivity index (χ0n) is 20.1. The molecular weight excluding hydrogens is 466 g/mol. The number of aliphatic hydroxyl groups excluding tert-OH is 1. The van der Waals surface area contributed by atoms with Crippen molar-refractivity contribution in [3.8, 4) is 0 Å². The average Bonchev–Trinajstić information content (AvgIpc) is 2.74. The summed E-state index contributed by atoms with van der Waals surface area (Å²) in [6, 6.07) is -5.15. The standard InChI is InChI=1S/C20H37N7O8/c1-9(2)15(27-17(32)14(21)10(3)28)18(33)25-11(5-4-8-24-20(22)23)16(31)26-12(19(34)35)6-7-13(29)30/h9-12,14-15,28H,4-8,21H2,1-3H3,(H,25,33)(H,26,31)(H,27,32)(H,29,30)(H,34,35)(H4,22,23,24). The third-order valence-electron chi connectivity index (χ3n) is 4.91. The summed E-state index contributed by atoms with van der Waals surface area (Å²) in [7, 11) is 0. The third kappa shape index (κ3) is 12.5. The molecule has 0 radical (unpaired) electrons. The number of aliphatic hydroxyl groups is 1. The molecule has 0 fully saturated rings. The number of nitrogens with one attached hydrogen (secondary N) is 3. The van der Waals surface area contributed by atoms with Crippen LogP contribution in [0.15, 0.2) is 4.99 Å². The van der Waals surface area contributed by atoms with Gasteiger partial charge in [-0.1, -0.05) is 13.8 Å². The monoisotopic (exact) mass is 503 g/mol. The number of hydrogen-bond acceptors (Lipinski definition) is 8. The van der Waals surface area contributed by atoms with Crippen LogP contribution in [-0.2, 0) is 24.0 Å². The highest BCUT2D eigenvalue weighted by Crippen LogP contribution is 2.07. The normalized spacial score (nSPS) is 15.1. The van der Waals surface area contributed by atoms with E-state index in [1.165, 1.54) is 6.92 Å². The van der Waals surface area contributed by atoms with Crippen LogP contribution in [0.5, 0.6) is 0 Å². The molecule has 0 aromatic rings. The maximum atomic E-state index is 12.9. The number of nitrogens with two attached hydrogens (primary N) is 3. The van der Waals surface area contributed by atoms with Crippen molar-refractivity contribution in [1.29, 1.82) is 0 Å². The minimum Gasteiger partial charge on any atom is -0.481 e. The van der Waals surface area contributed by atoms with Gasteiger partial charge in [-0.2, -0.15) is 0 Å². The minimum absolute atomic E-state index is 0.00553. The Morgan fingerprint density at radius 2 is 1.43 bits per heavy atom. The van der Waals surface area contributed by atoms with E-state index in [0.29, 0.717) is 0 Å². The van der Waals surface area contributed by atoms with Gasteiger partial charge in [0.2, 0.25) is 17.7 Å². The number of carboxylic acid groups (broad SMARTS) is 2. The van der Waals surface area contributed by atoms with Crippen molar-refractivity contribution in [1.82, 2.24) is 16.0 Å². The van der Waals surface area contributed by atoms with E-state index in [0.717, 1.165) is 0 Å². The second kappa shape index (κ2) is 15.4. The molecule has 5 atom stereocenters. The van der Waals surface area contributed by atoms with Crippen LogP contribution >= 0.6 is 0 Å². The SMILES string of the molecule is CC(C)C(NC(=O)C(N)C(C)O)C(=O)NC(CCCN=C(N)N)C(=O)NC(CCC(=O)O)C(=O)O. The van der Waals surface area contributed by atoms with Gasteiger partial charge in [-0.3, -0.25) is 24.2 Å². The molecule has 12 N–H and O–H groups in total. The molecule has 0 saturated heterocycles. The highest BCUT2D eigenvalue weighted by atomic mass is 16.4. The first-order valence-electron chi connectivity index (χ1n) is 11.0. The lowest BCUT2D eigenvalue weighted by Crippen LogP contribution is -2.59. The number of amides is 3. The summed E-state index contributed by atoms with van der Waals surface area (Å²) in [5, 5.41) is 34.8. The van der Waals surface area contributed by atoms with Crippen LogP contribution in [0.3, 0.4) is 0 Å². The number of hydrogen-bond donors (Lipinski definition) is 9. The number of aliphatic carboxylic acids is 2. The van der Waals surface area contributed by atoms with E-state index in [-0.39, 0.29) is 31.8 Å². The fourth-order valence-corrected chi connectivity index (χ4v) is 2.83. The van der Waals surface area contributed by atoms with Gasteiger partial charge in [0.05, 0.1) is 6.10 Å². The van der Waals surface area contributed by atoms with Crippen LogP contribution in [0.25, 0.3) is 0 Å². The van der Waals surface area contributed by atoms with Crippen LogP contribution < -0.4 is 33.2 Å². The van der Waals surface area contributed by atoms with Gasteiger partial charge < -0.3 is 48.5 Å². The lowest BCUT2D eigenvalue weighted by atomic mass is 10.0. The van der Waals surface area contributed by atoms with Gasteiger partial charge in [-0.05, 0) is 32.1 Å². The molecule has 0 bridgehead atoms. The number of aliphatic imine (C=N–C) groups is 1. The predicted molar refractivity (Wildman–Crippen MR) is 125 cm³/mol. The maximum Gasteiger partial charge on any atom is 0.326 e. The summed E-state index contributed by atoms with van der Waals surface area (Å²) in [5.74, 6) is -5.68. The smallest absolute Gasteiger partial charge is 0.326 e. The quantitative estimate of drug-likeness (QED) is 0.0574. The largest absolute Gasteiger partial charge is 0.481 e. The van der Waals surface area contributed by atoms with Gasteiger partial charge in [0.25, 0.3) is 0 Å². The Kier molecular flexibility index (Phi) is 13.9. The Bertz CT molecular complexity index is 783. The zero-order chi connectivity index (χ0) is 27.3. The van der Waals surface area contributed by atoms with Crippen LogP contribution in [0.2, 0.25) is 0 Å². The molecule has 0 aliphatic heterocycles. The van der Waals surface area contributed by atoms with E-state index in [4.69, 9.17) is 22.3 Å². The zero-order valence-corrected chi connectivity index (χ0v) is 20.1. The molecule has 0 saturated carbocycles. The summed E-state index contributed by atoms with van der Waals surface area (Å²) in [4.78, 5) is 64.0. The van der Waals surface area contributed by atoms with Gasteiger partial charge in [0.15, 0.2) is 5.96 Å². The second-order valence-corrected chi connectivity index (χ2v) is 8.34. The molecule has 15 heteroatoms. The van der Waals surface area contributed by atoms with Crippen molar-refractivity contribution < 1.29 is 39.3 Å². The summed E-state index contributed by atoms with van der Waals surface area (Å²) in [5.41, 5.74) is 16.1. The highest BCUT2D eigenvalue weighted by Gasteiger charge is 2.32. The molecule has 15 nitrogen and oxygen atoms in total. The summed E-state index contributed by atoms with van der Waals surface area (Å²) in [6.07, 6.45) is -1.80. The molecule has 0 aliphatic carbocycles. The van der Waals surface area contributed by atoms with Crippen LogP contribution in [0, 0.1) is 5.92 Å². The third-order valence-corrected chi connectivity index (χ3v) is 4.91. The van der Waals surface area contributed by atoms with E-state index < -0.39 is 72.3 Å². The average molecular weight is 504 g/mol. The van der Waals surface area contributed by atoms with E-state index in [2.05, 4.69) is 20.9 Å². The Morgan fingerprint density at radius 3 is 1.89 bits per heavy atom. The molecule has 0 spiro atoms. The number of guanidine groups is 1. The first kappa shape index (κ1) is 31.5. The molecule has 5 unspecified atom stereocenters. The van der Waals surface area contributed by atoms with Gasteiger partial charge >= 0.3 is 11.9 Å². The van der Waals surface area contributed by atoms with Crippen molar-refractivity contribution >= 4 is 35.6 Å². The van der Waals surface area contributed by atoms with E-state index >= 15 is 0 Å². The first-order chi connectivity index (χ1) is 16.2. The van der Waals surface area contributed by atoms with Crippen molar-refractivity contribution in [2.45, 2.75) is 76.7 Å². The predicted octanol–water partition coefficient (Wildman–Crippen LogP) is -3.19. The van der Waals surface area contributed by atoms with Crippen LogP contribution in [0.4, 0.5) is 0 Å². The Labute approximate surface area is 202 Å². The Hall–Kier alpha value is -3.46. The van der Waals surface area contributed by atoms with E-state index in [1.54, 1.807) is 13.8 Å². The molecule has 0 rings (SSSR count). The lowest BCUT2D eigenvalue weighted by molar-refractivity contribution is -0.143. The Balaban J connectivity index is 5.59. The van der Waals surface area contributed by atoms with Crippen LogP contribution in [0.1, 0.15) is 46.5 Å². The molecule has 0 aliphatic rings. The van der Waals surface area contributed by atoms with Gasteiger partial charge in [0.1, 0.15) is 24.2 Å². The Morgan fingerprint density at radius 1 is 0.857 bits per heavy atom. The molecule has 0 aromatic heterocycles. The first-order valence-corrected chi connectivity index (χ1v) is 11.0. The summed E-state index contributed by atoms with van der Waals surface area (Å²) >= 11 is 0. The fraction of sp³-hybridized carbons (Fsp3) is 0.700. The summed E-state index contributed by atoms with van der Waals surface area (Å²) in [6.45, 7) is 4.71. The number of carbonyl (C=O) groups excluding carboxylic acids is 3. The topological polar surface area (TPSA) is 273 Å². The highest BCUT2D eigenvalue weighted by molar-refractivity contribution is 5.94. The van der Waals surface area contributed by atoms with Crippen molar-refractivity contribution in [2.75, 3.05) is 6.54 Å². The molecule has 35 heavy (non-hydrogen) atoms. The van der Waals surface area contributed by atoms with Gasteiger partial charge in [-0.15, -0.1) is 0 Å². The number of carboxylic acids is 2. The van der Waals surface area contributed by atoms with E-state index in [9.17, 15) is 34.2 Å². The second-order valence-electron chi connectivity index (χ2n) is 8.34.